The zero-order valence-corrected chi connectivity index (χ0v) is 11.0. The molecule has 1 aliphatic heterocycles. The lowest BCUT2D eigenvalue weighted by Gasteiger charge is -2.35. The van der Waals surface area contributed by atoms with Crippen molar-refractivity contribution in [2.75, 3.05) is 31.7 Å². The standard InChI is InChI=1S/C13H16N4O2/c1-9-5-10(7-14)6-12(16-9)17-3-4-19-8-11(17)13(18)15-2/h5-6,11H,3-4,8H2,1-2H3,(H,15,18). The molecule has 6 heteroatoms. The summed E-state index contributed by atoms with van der Waals surface area (Å²) in [6.07, 6.45) is 0. The van der Waals surface area contributed by atoms with Gasteiger partial charge in [-0.2, -0.15) is 5.26 Å². The van der Waals surface area contributed by atoms with Crippen molar-refractivity contribution in [2.24, 2.45) is 0 Å². The van der Waals surface area contributed by atoms with E-state index in [1.54, 1.807) is 19.2 Å². The summed E-state index contributed by atoms with van der Waals surface area (Å²) in [7, 11) is 1.60. The summed E-state index contributed by atoms with van der Waals surface area (Å²) in [6, 6.07) is 5.13. The minimum absolute atomic E-state index is 0.110. The molecule has 1 unspecified atom stereocenters. The number of amides is 1. The Morgan fingerprint density at radius 2 is 2.42 bits per heavy atom. The van der Waals surface area contributed by atoms with Crippen LogP contribution >= 0.6 is 0 Å². The molecule has 0 spiro atoms. The maximum absolute atomic E-state index is 11.9. The molecule has 1 fully saturated rings. The molecule has 1 atom stereocenters. The van der Waals surface area contributed by atoms with E-state index in [1.807, 2.05) is 11.8 Å². The van der Waals surface area contributed by atoms with Gasteiger partial charge in [-0.3, -0.25) is 4.79 Å². The number of nitriles is 1. The van der Waals surface area contributed by atoms with Gasteiger partial charge >= 0.3 is 0 Å². The largest absolute Gasteiger partial charge is 0.377 e. The van der Waals surface area contributed by atoms with Crippen LogP contribution in [-0.4, -0.2) is 43.7 Å². The molecule has 1 N–H and O–H groups in total. The fraction of sp³-hybridized carbons (Fsp3) is 0.462. The Kier molecular flexibility index (Phi) is 3.97. The quantitative estimate of drug-likeness (QED) is 0.822. The number of carbonyl (C=O) groups is 1. The predicted molar refractivity (Wildman–Crippen MR) is 69.7 cm³/mol. The van der Waals surface area contributed by atoms with E-state index in [9.17, 15) is 4.79 Å². The Balaban J connectivity index is 2.35. The number of nitrogens with one attached hydrogen (secondary N) is 1. The number of hydrogen-bond acceptors (Lipinski definition) is 5. The van der Waals surface area contributed by atoms with Gasteiger partial charge in [0.25, 0.3) is 0 Å². The van der Waals surface area contributed by atoms with E-state index in [-0.39, 0.29) is 5.91 Å². The predicted octanol–water partition coefficient (Wildman–Crippen LogP) is 0.213. The fourth-order valence-corrected chi connectivity index (χ4v) is 2.12. The number of morpholine rings is 1. The third kappa shape index (κ3) is 2.83. The smallest absolute Gasteiger partial charge is 0.244 e. The second-order valence-corrected chi connectivity index (χ2v) is 4.37. The van der Waals surface area contributed by atoms with Gasteiger partial charge in [0.2, 0.25) is 5.91 Å². The number of likely N-dealkylation sites (N-methyl/N-ethyl adjacent to an activating group) is 1. The van der Waals surface area contributed by atoms with Crippen molar-refractivity contribution in [3.8, 4) is 6.07 Å². The van der Waals surface area contributed by atoms with Crippen molar-refractivity contribution in [1.29, 1.82) is 5.26 Å². The van der Waals surface area contributed by atoms with Crippen LogP contribution in [0.1, 0.15) is 11.3 Å². The van der Waals surface area contributed by atoms with Crippen molar-refractivity contribution in [3.63, 3.8) is 0 Å². The lowest BCUT2D eigenvalue weighted by atomic mass is 10.2. The zero-order chi connectivity index (χ0) is 13.8. The van der Waals surface area contributed by atoms with Crippen LogP contribution < -0.4 is 10.2 Å². The van der Waals surface area contributed by atoms with Gasteiger partial charge < -0.3 is 15.0 Å². The maximum atomic E-state index is 11.9. The fourth-order valence-electron chi connectivity index (χ4n) is 2.12. The molecular formula is C13H16N4O2. The van der Waals surface area contributed by atoms with Crippen LogP contribution in [0.4, 0.5) is 5.82 Å². The molecule has 0 bridgehead atoms. The van der Waals surface area contributed by atoms with Gasteiger partial charge in [0.1, 0.15) is 11.9 Å². The summed E-state index contributed by atoms with van der Waals surface area (Å²) in [4.78, 5) is 18.2. The molecule has 6 nitrogen and oxygen atoms in total. The summed E-state index contributed by atoms with van der Waals surface area (Å²) in [5, 5.41) is 11.6. The first-order valence-electron chi connectivity index (χ1n) is 6.10. The van der Waals surface area contributed by atoms with Crippen LogP contribution in [0.15, 0.2) is 12.1 Å². The van der Waals surface area contributed by atoms with E-state index in [0.717, 1.165) is 5.69 Å². The van der Waals surface area contributed by atoms with Gasteiger partial charge in [0.05, 0.1) is 24.8 Å². The van der Waals surface area contributed by atoms with Crippen LogP contribution in [-0.2, 0) is 9.53 Å². The Labute approximate surface area is 112 Å². The lowest BCUT2D eigenvalue weighted by molar-refractivity contribution is -0.124. The number of anilines is 1. The molecule has 2 heterocycles. The highest BCUT2D eigenvalue weighted by Crippen LogP contribution is 2.19. The molecule has 19 heavy (non-hydrogen) atoms. The summed E-state index contributed by atoms with van der Waals surface area (Å²) in [5.41, 5.74) is 1.31. The number of hydrogen-bond donors (Lipinski definition) is 1. The number of pyridine rings is 1. The van der Waals surface area contributed by atoms with E-state index in [2.05, 4.69) is 16.4 Å². The molecule has 1 saturated heterocycles. The Bertz CT molecular complexity index is 524. The average molecular weight is 260 g/mol. The van der Waals surface area contributed by atoms with Crippen LogP contribution in [0.25, 0.3) is 0 Å². The lowest BCUT2D eigenvalue weighted by Crippen LogP contribution is -2.53. The van der Waals surface area contributed by atoms with Crippen molar-refractivity contribution >= 4 is 11.7 Å². The van der Waals surface area contributed by atoms with Crippen LogP contribution in [0.5, 0.6) is 0 Å². The minimum atomic E-state index is -0.403. The van der Waals surface area contributed by atoms with Crippen LogP contribution in [0, 0.1) is 18.3 Å². The molecule has 100 valence electrons. The molecule has 2 rings (SSSR count). The van der Waals surface area contributed by atoms with Crippen molar-refractivity contribution in [2.45, 2.75) is 13.0 Å². The third-order valence-electron chi connectivity index (χ3n) is 3.04. The zero-order valence-electron chi connectivity index (χ0n) is 11.0. The maximum Gasteiger partial charge on any atom is 0.244 e. The molecule has 0 aromatic carbocycles. The molecule has 0 saturated carbocycles. The van der Waals surface area contributed by atoms with E-state index in [1.165, 1.54) is 0 Å². The van der Waals surface area contributed by atoms with E-state index < -0.39 is 6.04 Å². The normalized spacial score (nSPS) is 18.8. The highest BCUT2D eigenvalue weighted by Gasteiger charge is 2.30. The average Bonchev–Trinajstić information content (AvgIpc) is 2.45. The highest BCUT2D eigenvalue weighted by atomic mass is 16.5. The van der Waals surface area contributed by atoms with Gasteiger partial charge in [-0.25, -0.2) is 4.98 Å². The Morgan fingerprint density at radius 3 is 3.11 bits per heavy atom. The van der Waals surface area contributed by atoms with Crippen molar-refractivity contribution in [1.82, 2.24) is 10.3 Å². The number of aryl methyl sites for hydroxylation is 1. The van der Waals surface area contributed by atoms with Gasteiger partial charge in [-0.05, 0) is 19.1 Å². The first-order chi connectivity index (χ1) is 9.15. The number of carbonyl (C=O) groups excluding carboxylic acids is 1. The Hall–Kier alpha value is -2.13. The summed E-state index contributed by atoms with van der Waals surface area (Å²) < 4.78 is 5.35. The van der Waals surface area contributed by atoms with Crippen LogP contribution in [0.3, 0.4) is 0 Å². The van der Waals surface area contributed by atoms with E-state index in [4.69, 9.17) is 10.00 Å². The van der Waals surface area contributed by atoms with Crippen LogP contribution in [0.2, 0.25) is 0 Å². The molecule has 1 amide bonds. The Morgan fingerprint density at radius 1 is 1.63 bits per heavy atom. The highest BCUT2D eigenvalue weighted by molar-refractivity contribution is 5.85. The number of ether oxygens (including phenoxy) is 1. The van der Waals surface area contributed by atoms with E-state index >= 15 is 0 Å². The van der Waals surface area contributed by atoms with Gasteiger partial charge in [0, 0.05) is 19.3 Å². The molecular weight excluding hydrogens is 244 g/mol. The van der Waals surface area contributed by atoms with Crippen molar-refractivity contribution < 1.29 is 9.53 Å². The number of nitrogens with zero attached hydrogens (tertiary/aromatic N) is 3. The molecule has 1 aliphatic rings. The van der Waals surface area contributed by atoms with Gasteiger partial charge in [0.15, 0.2) is 0 Å². The van der Waals surface area contributed by atoms with Crippen molar-refractivity contribution in [3.05, 3.63) is 23.4 Å². The molecule has 1 aromatic heterocycles. The van der Waals surface area contributed by atoms with Gasteiger partial charge in [-0.1, -0.05) is 0 Å². The SMILES string of the molecule is CNC(=O)C1COCCN1c1cc(C#N)cc(C)n1. The van der Waals surface area contributed by atoms with Gasteiger partial charge in [-0.15, -0.1) is 0 Å². The summed E-state index contributed by atoms with van der Waals surface area (Å²) in [5.74, 6) is 0.537. The second kappa shape index (κ2) is 5.67. The topological polar surface area (TPSA) is 78.2 Å². The first kappa shape index (κ1) is 13.3. The van der Waals surface area contributed by atoms with E-state index in [0.29, 0.717) is 31.1 Å². The second-order valence-electron chi connectivity index (χ2n) is 4.37. The first-order valence-corrected chi connectivity index (χ1v) is 6.10. The minimum Gasteiger partial charge on any atom is -0.377 e. The molecule has 0 radical (unpaired) electrons. The summed E-state index contributed by atoms with van der Waals surface area (Å²) in [6.45, 7) is 3.29. The number of rotatable bonds is 2. The summed E-state index contributed by atoms with van der Waals surface area (Å²) >= 11 is 0. The number of aromatic nitrogens is 1. The molecule has 0 aliphatic carbocycles. The molecule has 1 aromatic rings. The third-order valence-corrected chi connectivity index (χ3v) is 3.04. The monoisotopic (exact) mass is 260 g/mol.